The smallest absolute Gasteiger partial charge is 0.266 e. The van der Waals surface area contributed by atoms with Crippen LogP contribution in [0.2, 0.25) is 0 Å². The number of aromatic nitrogens is 6. The van der Waals surface area contributed by atoms with E-state index >= 15 is 0 Å². The van der Waals surface area contributed by atoms with Crippen LogP contribution in [-0.2, 0) is 11.2 Å². The number of nitrogens with zero attached hydrogens (tertiary/aromatic N) is 6. The highest BCUT2D eigenvalue weighted by molar-refractivity contribution is 5.92. The third-order valence-corrected chi connectivity index (χ3v) is 5.45. The number of pyridine rings is 1. The van der Waals surface area contributed by atoms with Gasteiger partial charge in [-0.1, -0.05) is 6.07 Å². The number of nitrogens with one attached hydrogen (secondary N) is 2. The van der Waals surface area contributed by atoms with Crippen LogP contribution in [0.5, 0.6) is 0 Å². The number of hydrogen-bond acceptors (Lipinski definition) is 8. The summed E-state index contributed by atoms with van der Waals surface area (Å²) in [6, 6.07) is 8.66. The van der Waals surface area contributed by atoms with Crippen molar-refractivity contribution in [1.82, 2.24) is 29.8 Å². The number of nitrogens with two attached hydrogens (primary N) is 1. The highest BCUT2D eigenvalue weighted by atomic mass is 16.1. The van der Waals surface area contributed by atoms with Crippen molar-refractivity contribution in [3.05, 3.63) is 60.2 Å². The first-order valence-corrected chi connectivity index (χ1v) is 10.2. The molecule has 4 aromatic heterocycles. The van der Waals surface area contributed by atoms with Crippen LogP contribution in [0, 0.1) is 0 Å². The molecule has 4 aromatic rings. The van der Waals surface area contributed by atoms with Gasteiger partial charge in [-0.3, -0.25) is 19.7 Å². The van der Waals surface area contributed by atoms with Gasteiger partial charge >= 0.3 is 0 Å². The van der Waals surface area contributed by atoms with E-state index < -0.39 is 5.91 Å². The van der Waals surface area contributed by atoms with Crippen molar-refractivity contribution in [2.45, 2.75) is 25.3 Å². The number of aromatic amines is 1. The molecule has 4 N–H and O–H groups in total. The van der Waals surface area contributed by atoms with Crippen LogP contribution in [0.3, 0.4) is 0 Å². The van der Waals surface area contributed by atoms with Crippen LogP contribution in [0.25, 0.3) is 5.52 Å². The number of Topliss-reactive ketones (excluding diaryl/α,β-unsaturated/α-hetero) is 1. The maximum Gasteiger partial charge on any atom is 0.266 e. The van der Waals surface area contributed by atoms with Gasteiger partial charge in [0.15, 0.2) is 17.4 Å². The van der Waals surface area contributed by atoms with E-state index in [1.54, 1.807) is 16.9 Å². The van der Waals surface area contributed by atoms with Gasteiger partial charge in [0.25, 0.3) is 5.91 Å². The van der Waals surface area contributed by atoms with Crippen molar-refractivity contribution < 1.29 is 9.59 Å². The summed E-state index contributed by atoms with van der Waals surface area (Å²) in [5.41, 5.74) is 7.10. The fraction of sp³-hybridized carbons (Fsp3) is 0.238. The van der Waals surface area contributed by atoms with Crippen LogP contribution in [0.1, 0.15) is 28.9 Å². The number of hydrogen-bond donors (Lipinski definition) is 3. The molecular formula is C21H21N9O2. The molecule has 5 rings (SSSR count). The summed E-state index contributed by atoms with van der Waals surface area (Å²) in [6.45, 7) is 0.684. The van der Waals surface area contributed by atoms with Crippen molar-refractivity contribution in [1.29, 1.82) is 0 Å². The number of ketones is 1. The van der Waals surface area contributed by atoms with Gasteiger partial charge < -0.3 is 16.0 Å². The lowest BCUT2D eigenvalue weighted by atomic mass is 10.0. The Morgan fingerprint density at radius 2 is 2.19 bits per heavy atom. The second-order valence-electron chi connectivity index (χ2n) is 7.61. The van der Waals surface area contributed by atoms with Crippen LogP contribution < -0.4 is 16.0 Å². The number of rotatable bonds is 7. The fourth-order valence-corrected chi connectivity index (χ4v) is 3.93. The van der Waals surface area contributed by atoms with Crippen molar-refractivity contribution in [2.75, 3.05) is 16.8 Å². The van der Waals surface area contributed by atoms with E-state index in [2.05, 4.69) is 25.6 Å². The molecule has 1 amide bonds. The SMILES string of the molecule is NC(=O)c1cc(Nc2nc(N3CCC[C@H]3C(=O)Cc3cccnc3)nn3cccc23)n[nH]1. The minimum Gasteiger partial charge on any atom is -0.364 e. The summed E-state index contributed by atoms with van der Waals surface area (Å²) in [6.07, 6.45) is 7.15. The van der Waals surface area contributed by atoms with Gasteiger partial charge in [-0.25, -0.2) is 4.52 Å². The molecule has 32 heavy (non-hydrogen) atoms. The number of carbonyl (C=O) groups excluding carboxylic acids is 2. The third-order valence-electron chi connectivity index (χ3n) is 5.45. The lowest BCUT2D eigenvalue weighted by molar-refractivity contribution is -0.119. The molecule has 1 aliphatic heterocycles. The maximum atomic E-state index is 13.0. The molecular weight excluding hydrogens is 410 g/mol. The summed E-state index contributed by atoms with van der Waals surface area (Å²) in [4.78, 5) is 35.1. The Kier molecular flexibility index (Phi) is 4.98. The van der Waals surface area contributed by atoms with E-state index in [1.807, 2.05) is 35.4 Å². The zero-order valence-corrected chi connectivity index (χ0v) is 17.1. The Morgan fingerprint density at radius 1 is 1.28 bits per heavy atom. The molecule has 5 heterocycles. The van der Waals surface area contributed by atoms with Crippen molar-refractivity contribution in [3.8, 4) is 0 Å². The van der Waals surface area contributed by atoms with E-state index in [9.17, 15) is 9.59 Å². The zero-order valence-electron chi connectivity index (χ0n) is 17.1. The minimum absolute atomic E-state index is 0.111. The van der Waals surface area contributed by atoms with E-state index in [0.29, 0.717) is 30.5 Å². The molecule has 1 fully saturated rings. The van der Waals surface area contributed by atoms with Gasteiger partial charge in [0, 0.05) is 37.6 Å². The normalized spacial score (nSPS) is 15.9. The molecule has 0 spiro atoms. The maximum absolute atomic E-state index is 13.0. The molecule has 0 radical (unpaired) electrons. The van der Waals surface area contributed by atoms with E-state index in [4.69, 9.17) is 10.7 Å². The highest BCUT2D eigenvalue weighted by Gasteiger charge is 2.33. The number of fused-ring (bicyclic) bond motifs is 1. The first-order chi connectivity index (χ1) is 15.6. The summed E-state index contributed by atoms with van der Waals surface area (Å²) in [5, 5.41) is 14.4. The van der Waals surface area contributed by atoms with E-state index in [-0.39, 0.29) is 17.5 Å². The Hall–Kier alpha value is -4.28. The topological polar surface area (TPSA) is 147 Å². The molecule has 1 saturated heterocycles. The predicted molar refractivity (Wildman–Crippen MR) is 117 cm³/mol. The zero-order chi connectivity index (χ0) is 22.1. The quantitative estimate of drug-likeness (QED) is 0.398. The number of anilines is 3. The Labute approximate surface area is 182 Å². The van der Waals surface area contributed by atoms with Gasteiger partial charge in [-0.2, -0.15) is 10.1 Å². The summed E-state index contributed by atoms with van der Waals surface area (Å²) < 4.78 is 1.70. The molecule has 0 unspecified atom stereocenters. The number of primary amides is 1. The first kappa shape index (κ1) is 19.7. The number of carbonyl (C=O) groups is 2. The average molecular weight is 431 g/mol. The molecule has 0 aliphatic carbocycles. The summed E-state index contributed by atoms with van der Waals surface area (Å²) >= 11 is 0. The molecule has 11 heteroatoms. The van der Waals surface area contributed by atoms with Gasteiger partial charge in [0.2, 0.25) is 5.95 Å². The van der Waals surface area contributed by atoms with Gasteiger partial charge in [0.05, 0.1) is 6.04 Å². The van der Waals surface area contributed by atoms with Crippen LogP contribution >= 0.6 is 0 Å². The molecule has 0 aromatic carbocycles. The van der Waals surface area contributed by atoms with Crippen molar-refractivity contribution >= 4 is 34.8 Å². The van der Waals surface area contributed by atoms with Crippen molar-refractivity contribution in [3.63, 3.8) is 0 Å². The fourth-order valence-electron chi connectivity index (χ4n) is 3.93. The first-order valence-electron chi connectivity index (χ1n) is 10.2. The number of H-pyrrole nitrogens is 1. The Morgan fingerprint density at radius 3 is 2.97 bits per heavy atom. The van der Waals surface area contributed by atoms with Gasteiger partial charge in [0.1, 0.15) is 11.2 Å². The van der Waals surface area contributed by atoms with E-state index in [0.717, 1.165) is 23.9 Å². The summed E-state index contributed by atoms with van der Waals surface area (Å²) in [7, 11) is 0. The molecule has 1 aliphatic rings. The van der Waals surface area contributed by atoms with Gasteiger partial charge in [-0.05, 0) is 36.6 Å². The largest absolute Gasteiger partial charge is 0.364 e. The predicted octanol–water partition coefficient (Wildman–Crippen LogP) is 1.47. The van der Waals surface area contributed by atoms with Gasteiger partial charge in [-0.15, -0.1) is 5.10 Å². The molecule has 1 atom stereocenters. The lowest BCUT2D eigenvalue weighted by Crippen LogP contribution is -2.38. The minimum atomic E-state index is -0.603. The standard InChI is InChI=1S/C21H21N9O2/c22-19(32)14-11-18(27-26-14)24-20-16-6-3-9-30(16)28-21(25-20)29-8-2-5-15(29)17(31)10-13-4-1-7-23-12-13/h1,3-4,6-7,9,11-12,15H,2,5,8,10H2,(H2,22,32)(H2,24,25,26,27,28)/t15-/m0/s1. The molecule has 0 bridgehead atoms. The third kappa shape index (κ3) is 3.75. The molecule has 11 nitrogen and oxygen atoms in total. The van der Waals surface area contributed by atoms with Crippen LogP contribution in [0.4, 0.5) is 17.6 Å². The van der Waals surface area contributed by atoms with Crippen LogP contribution in [-0.4, -0.2) is 54.1 Å². The number of amides is 1. The Bertz CT molecular complexity index is 1280. The monoisotopic (exact) mass is 431 g/mol. The molecule has 162 valence electrons. The summed E-state index contributed by atoms with van der Waals surface area (Å²) in [5.74, 6) is 0.863. The van der Waals surface area contributed by atoms with Crippen LogP contribution in [0.15, 0.2) is 48.9 Å². The highest BCUT2D eigenvalue weighted by Crippen LogP contribution is 2.27. The Balaban J connectivity index is 1.44. The van der Waals surface area contributed by atoms with E-state index in [1.165, 1.54) is 6.07 Å². The average Bonchev–Trinajstić information content (AvgIpc) is 3.54. The van der Waals surface area contributed by atoms with Crippen molar-refractivity contribution in [2.24, 2.45) is 5.73 Å². The second-order valence-corrected chi connectivity index (χ2v) is 7.61. The lowest BCUT2D eigenvalue weighted by Gasteiger charge is -2.24. The second kappa shape index (κ2) is 8.10. The molecule has 0 saturated carbocycles.